The maximum atomic E-state index is 6.40. The summed E-state index contributed by atoms with van der Waals surface area (Å²) in [5.74, 6) is 1.57. The molecule has 0 N–H and O–H groups in total. The molecule has 2 heterocycles. The molecule has 3 aliphatic rings. The van der Waals surface area contributed by atoms with Crippen molar-refractivity contribution in [3.8, 4) is 0 Å². The maximum Gasteiger partial charge on any atom is 0.0637 e. The Balaban J connectivity index is 1.46. The SMILES string of the molecule is Clc1cccc(CN2C[C@H]3CCC[C@H](C2)C3N2CCOCC2)c1Cl. The second-order valence-electron chi connectivity index (χ2n) is 7.50. The number of hydrogen-bond acceptors (Lipinski definition) is 3. The van der Waals surface area contributed by atoms with E-state index in [4.69, 9.17) is 27.9 Å². The van der Waals surface area contributed by atoms with Crippen LogP contribution >= 0.6 is 23.2 Å². The van der Waals surface area contributed by atoms with Crippen LogP contribution in [0.25, 0.3) is 0 Å². The average molecular weight is 369 g/mol. The van der Waals surface area contributed by atoms with Gasteiger partial charge >= 0.3 is 0 Å². The molecule has 1 aromatic rings. The van der Waals surface area contributed by atoms with Crippen molar-refractivity contribution in [1.29, 1.82) is 0 Å². The van der Waals surface area contributed by atoms with Crippen LogP contribution in [0.2, 0.25) is 10.0 Å². The number of halogens is 2. The smallest absolute Gasteiger partial charge is 0.0637 e. The van der Waals surface area contributed by atoms with E-state index in [1.807, 2.05) is 12.1 Å². The topological polar surface area (TPSA) is 15.7 Å². The molecule has 2 saturated heterocycles. The standard InChI is InChI=1S/C19H26Cl2N2O/c20-17-6-2-3-14(18(17)21)11-22-12-15-4-1-5-16(13-22)19(15)23-7-9-24-10-8-23/h2-3,6,15-16,19H,1,4-5,7-13H2/t15-,16-/m1/s1. The van der Waals surface area contributed by atoms with Crippen molar-refractivity contribution in [3.63, 3.8) is 0 Å². The molecule has 1 saturated carbocycles. The molecule has 1 aliphatic carbocycles. The van der Waals surface area contributed by atoms with E-state index in [-0.39, 0.29) is 0 Å². The number of rotatable bonds is 3. The molecule has 1 aromatic carbocycles. The fourth-order valence-electron chi connectivity index (χ4n) is 5.02. The molecule has 2 atom stereocenters. The van der Waals surface area contributed by atoms with Crippen LogP contribution < -0.4 is 0 Å². The van der Waals surface area contributed by atoms with Gasteiger partial charge in [-0.3, -0.25) is 9.80 Å². The van der Waals surface area contributed by atoms with Gasteiger partial charge < -0.3 is 4.74 Å². The Morgan fingerprint density at radius 1 is 1.04 bits per heavy atom. The van der Waals surface area contributed by atoms with Crippen LogP contribution in [0.1, 0.15) is 24.8 Å². The molecule has 5 heteroatoms. The summed E-state index contributed by atoms with van der Waals surface area (Å²) in [4.78, 5) is 5.31. The van der Waals surface area contributed by atoms with Gasteiger partial charge in [0.25, 0.3) is 0 Å². The number of fused-ring (bicyclic) bond motifs is 2. The minimum Gasteiger partial charge on any atom is -0.379 e. The fraction of sp³-hybridized carbons (Fsp3) is 0.684. The predicted octanol–water partition coefficient (Wildman–Crippen LogP) is 3.93. The van der Waals surface area contributed by atoms with Crippen LogP contribution in [0.5, 0.6) is 0 Å². The Hall–Kier alpha value is -0.320. The lowest BCUT2D eigenvalue weighted by Gasteiger charge is -2.52. The second-order valence-corrected chi connectivity index (χ2v) is 8.28. The summed E-state index contributed by atoms with van der Waals surface area (Å²) in [6.07, 6.45) is 4.11. The molecule has 0 amide bonds. The third-order valence-electron chi connectivity index (χ3n) is 5.99. The molecular formula is C19H26Cl2N2O. The Kier molecular flexibility index (Phi) is 5.35. The summed E-state index contributed by atoms with van der Waals surface area (Å²) in [7, 11) is 0. The number of hydrogen-bond donors (Lipinski definition) is 0. The number of benzene rings is 1. The van der Waals surface area contributed by atoms with Crippen molar-refractivity contribution in [3.05, 3.63) is 33.8 Å². The van der Waals surface area contributed by atoms with E-state index in [2.05, 4.69) is 15.9 Å². The van der Waals surface area contributed by atoms with Gasteiger partial charge in [-0.2, -0.15) is 0 Å². The van der Waals surface area contributed by atoms with Crippen LogP contribution in [-0.4, -0.2) is 55.2 Å². The highest BCUT2D eigenvalue weighted by Crippen LogP contribution is 2.39. The van der Waals surface area contributed by atoms with Gasteiger partial charge in [-0.25, -0.2) is 0 Å². The molecular weight excluding hydrogens is 343 g/mol. The van der Waals surface area contributed by atoms with Gasteiger partial charge in [0, 0.05) is 38.8 Å². The lowest BCUT2D eigenvalue weighted by molar-refractivity contribution is -0.0623. The zero-order valence-electron chi connectivity index (χ0n) is 14.1. The molecule has 0 radical (unpaired) electrons. The predicted molar refractivity (Wildman–Crippen MR) is 98.8 cm³/mol. The summed E-state index contributed by atoms with van der Waals surface area (Å²) in [5.41, 5.74) is 1.16. The highest BCUT2D eigenvalue weighted by atomic mass is 35.5. The Morgan fingerprint density at radius 3 is 2.46 bits per heavy atom. The Labute approximate surface area is 154 Å². The van der Waals surface area contributed by atoms with Crippen LogP contribution in [0.15, 0.2) is 18.2 Å². The Morgan fingerprint density at radius 2 is 1.75 bits per heavy atom. The monoisotopic (exact) mass is 368 g/mol. The molecule has 4 rings (SSSR count). The zero-order valence-corrected chi connectivity index (χ0v) is 15.6. The normalized spacial score (nSPS) is 32.0. The van der Waals surface area contributed by atoms with Gasteiger partial charge in [-0.15, -0.1) is 0 Å². The van der Waals surface area contributed by atoms with E-state index in [1.165, 1.54) is 32.4 Å². The number of morpholine rings is 1. The molecule has 2 aliphatic heterocycles. The van der Waals surface area contributed by atoms with Gasteiger partial charge in [-0.1, -0.05) is 41.8 Å². The first-order valence-electron chi connectivity index (χ1n) is 9.19. The van der Waals surface area contributed by atoms with Crippen molar-refractivity contribution in [1.82, 2.24) is 9.80 Å². The number of ether oxygens (including phenoxy) is 1. The summed E-state index contributed by atoms with van der Waals surface area (Å²) in [5, 5.41) is 1.39. The van der Waals surface area contributed by atoms with E-state index in [0.29, 0.717) is 5.02 Å². The number of piperidine rings is 1. The lowest BCUT2D eigenvalue weighted by Crippen LogP contribution is -2.59. The van der Waals surface area contributed by atoms with E-state index < -0.39 is 0 Å². The van der Waals surface area contributed by atoms with Gasteiger partial charge in [0.2, 0.25) is 0 Å². The molecule has 132 valence electrons. The molecule has 24 heavy (non-hydrogen) atoms. The van der Waals surface area contributed by atoms with Crippen molar-refractivity contribution < 1.29 is 4.74 Å². The van der Waals surface area contributed by atoms with Crippen molar-refractivity contribution >= 4 is 23.2 Å². The molecule has 3 fully saturated rings. The molecule has 3 nitrogen and oxygen atoms in total. The van der Waals surface area contributed by atoms with Crippen LogP contribution in [0.4, 0.5) is 0 Å². The summed E-state index contributed by atoms with van der Waals surface area (Å²) in [6.45, 7) is 7.30. The highest BCUT2D eigenvalue weighted by molar-refractivity contribution is 6.42. The quantitative estimate of drug-likeness (QED) is 0.803. The molecule has 2 bridgehead atoms. The highest BCUT2D eigenvalue weighted by Gasteiger charge is 2.42. The zero-order chi connectivity index (χ0) is 16.5. The van der Waals surface area contributed by atoms with Crippen LogP contribution in [-0.2, 0) is 11.3 Å². The third-order valence-corrected chi connectivity index (χ3v) is 6.85. The van der Waals surface area contributed by atoms with Crippen molar-refractivity contribution in [2.24, 2.45) is 11.8 Å². The van der Waals surface area contributed by atoms with Gasteiger partial charge in [-0.05, 0) is 36.3 Å². The fourth-order valence-corrected chi connectivity index (χ4v) is 5.40. The molecule has 0 unspecified atom stereocenters. The minimum absolute atomic E-state index is 0.664. The number of likely N-dealkylation sites (tertiary alicyclic amines) is 1. The first-order valence-corrected chi connectivity index (χ1v) is 9.95. The maximum absolute atomic E-state index is 6.40. The first kappa shape index (κ1) is 17.1. The number of nitrogens with zero attached hydrogens (tertiary/aromatic N) is 2. The van der Waals surface area contributed by atoms with E-state index in [9.17, 15) is 0 Å². The van der Waals surface area contributed by atoms with Gasteiger partial charge in [0.1, 0.15) is 0 Å². The average Bonchev–Trinajstić information content (AvgIpc) is 2.59. The molecule has 0 spiro atoms. The first-order chi connectivity index (χ1) is 11.7. The van der Waals surface area contributed by atoms with Crippen LogP contribution in [0, 0.1) is 11.8 Å². The van der Waals surface area contributed by atoms with E-state index >= 15 is 0 Å². The lowest BCUT2D eigenvalue weighted by atomic mass is 9.72. The summed E-state index contributed by atoms with van der Waals surface area (Å²) >= 11 is 12.6. The summed E-state index contributed by atoms with van der Waals surface area (Å²) in [6, 6.07) is 6.74. The van der Waals surface area contributed by atoms with E-state index in [0.717, 1.165) is 61.3 Å². The van der Waals surface area contributed by atoms with Crippen molar-refractivity contribution in [2.45, 2.75) is 31.8 Å². The molecule has 0 aromatic heterocycles. The van der Waals surface area contributed by atoms with Crippen molar-refractivity contribution in [2.75, 3.05) is 39.4 Å². The third kappa shape index (κ3) is 3.47. The Bertz CT molecular complexity index is 562. The largest absolute Gasteiger partial charge is 0.379 e. The van der Waals surface area contributed by atoms with E-state index in [1.54, 1.807) is 0 Å². The summed E-state index contributed by atoms with van der Waals surface area (Å²) < 4.78 is 5.56. The van der Waals surface area contributed by atoms with Gasteiger partial charge in [0.15, 0.2) is 0 Å². The van der Waals surface area contributed by atoms with Crippen LogP contribution in [0.3, 0.4) is 0 Å². The second kappa shape index (κ2) is 7.51. The van der Waals surface area contributed by atoms with Gasteiger partial charge in [0.05, 0.1) is 23.3 Å². The minimum atomic E-state index is 0.664.